The van der Waals surface area contributed by atoms with E-state index in [0.29, 0.717) is 12.5 Å². The Morgan fingerprint density at radius 2 is 1.80 bits per heavy atom. The van der Waals surface area contributed by atoms with Gasteiger partial charge in [-0.1, -0.05) is 12.8 Å². The van der Waals surface area contributed by atoms with Gasteiger partial charge in [-0.05, 0) is 12.8 Å². The molecule has 2 aliphatic rings. The van der Waals surface area contributed by atoms with Crippen LogP contribution in [0.15, 0.2) is 4.99 Å². The molecule has 20 heavy (non-hydrogen) atoms. The Balaban J connectivity index is 0.00000200. The third-order valence-electron chi connectivity index (χ3n) is 4.30. The van der Waals surface area contributed by atoms with Gasteiger partial charge in [0.2, 0.25) is 0 Å². The fraction of sp³-hybridized carbons (Fsp3) is 0.929. The van der Waals surface area contributed by atoms with Crippen molar-refractivity contribution in [3.05, 3.63) is 0 Å². The Hall–Kier alpha value is -0.0800. The molecule has 0 aromatic rings. The molecule has 0 amide bonds. The molecule has 0 aromatic carbocycles. The number of aliphatic imine (C=N–C) groups is 1. The first-order valence-electron chi connectivity index (χ1n) is 7.43. The molecule has 6 heteroatoms. The Morgan fingerprint density at radius 3 is 2.35 bits per heavy atom. The number of methoxy groups -OCH3 is 1. The molecule has 2 heterocycles. The average Bonchev–Trinajstić information content (AvgIpc) is 2.75. The van der Waals surface area contributed by atoms with E-state index in [0.717, 1.165) is 39.1 Å². The van der Waals surface area contributed by atoms with Crippen molar-refractivity contribution in [2.45, 2.75) is 44.1 Å². The van der Waals surface area contributed by atoms with Gasteiger partial charge in [0.25, 0.3) is 0 Å². The van der Waals surface area contributed by atoms with Gasteiger partial charge >= 0.3 is 0 Å². The maximum absolute atomic E-state index is 6.14. The highest BCUT2D eigenvalue weighted by Crippen LogP contribution is 2.24. The second-order valence-electron chi connectivity index (χ2n) is 5.58. The molecule has 2 fully saturated rings. The first-order valence-corrected chi connectivity index (χ1v) is 7.43. The summed E-state index contributed by atoms with van der Waals surface area (Å²) in [5, 5.41) is 0. The minimum atomic E-state index is -0.172. The number of guanidine groups is 1. The molecule has 0 saturated carbocycles. The van der Waals surface area contributed by atoms with E-state index in [1.165, 1.54) is 25.7 Å². The van der Waals surface area contributed by atoms with Crippen molar-refractivity contribution in [2.75, 3.05) is 40.0 Å². The van der Waals surface area contributed by atoms with E-state index in [-0.39, 0.29) is 29.6 Å². The highest BCUT2D eigenvalue weighted by atomic mass is 127. The fourth-order valence-corrected chi connectivity index (χ4v) is 2.80. The Kier molecular flexibility index (Phi) is 8.13. The third kappa shape index (κ3) is 5.04. The van der Waals surface area contributed by atoms with E-state index in [2.05, 4.69) is 9.89 Å². The summed E-state index contributed by atoms with van der Waals surface area (Å²) in [6.45, 7) is 4.24. The standard InChI is InChI=1S/C14H27N3O2.HI/c1-18-14(6-10-19-11-7-14)12-16-13(15)17-8-4-2-3-5-9-17;/h2-12H2,1H3,(H2,15,16);1H. The van der Waals surface area contributed by atoms with Gasteiger partial charge in [-0.2, -0.15) is 0 Å². The lowest BCUT2D eigenvalue weighted by molar-refractivity contribution is -0.0829. The number of nitrogens with zero attached hydrogens (tertiary/aromatic N) is 2. The van der Waals surface area contributed by atoms with Gasteiger partial charge in [0.1, 0.15) is 0 Å². The van der Waals surface area contributed by atoms with Crippen molar-refractivity contribution in [3.8, 4) is 0 Å². The van der Waals surface area contributed by atoms with Crippen molar-refractivity contribution in [2.24, 2.45) is 10.7 Å². The summed E-state index contributed by atoms with van der Waals surface area (Å²) >= 11 is 0. The summed E-state index contributed by atoms with van der Waals surface area (Å²) in [5.74, 6) is 0.685. The SMILES string of the molecule is COC1(CN=C(N)N2CCCCCC2)CCOCC1.I. The number of rotatable bonds is 3. The minimum Gasteiger partial charge on any atom is -0.381 e. The van der Waals surface area contributed by atoms with Crippen LogP contribution in [-0.4, -0.2) is 56.4 Å². The van der Waals surface area contributed by atoms with Crippen LogP contribution in [0.2, 0.25) is 0 Å². The number of halogens is 1. The van der Waals surface area contributed by atoms with Crippen molar-refractivity contribution in [1.29, 1.82) is 0 Å². The van der Waals surface area contributed by atoms with Crippen LogP contribution in [0.25, 0.3) is 0 Å². The van der Waals surface area contributed by atoms with E-state index < -0.39 is 0 Å². The molecule has 0 aromatic heterocycles. The molecular formula is C14H28IN3O2. The van der Waals surface area contributed by atoms with Gasteiger partial charge in [-0.15, -0.1) is 24.0 Å². The highest BCUT2D eigenvalue weighted by molar-refractivity contribution is 14.0. The zero-order chi connectivity index (χ0) is 13.6. The maximum atomic E-state index is 6.14. The monoisotopic (exact) mass is 397 g/mol. The van der Waals surface area contributed by atoms with E-state index in [9.17, 15) is 0 Å². The van der Waals surface area contributed by atoms with Crippen LogP contribution in [-0.2, 0) is 9.47 Å². The summed E-state index contributed by atoms with van der Waals surface area (Å²) in [5.41, 5.74) is 5.97. The molecular weight excluding hydrogens is 369 g/mol. The Bertz CT molecular complexity index is 299. The van der Waals surface area contributed by atoms with Crippen LogP contribution in [0.4, 0.5) is 0 Å². The van der Waals surface area contributed by atoms with E-state index in [1.54, 1.807) is 7.11 Å². The molecule has 0 spiro atoms. The predicted molar refractivity (Wildman–Crippen MR) is 91.7 cm³/mol. The highest BCUT2D eigenvalue weighted by Gasteiger charge is 2.32. The summed E-state index contributed by atoms with van der Waals surface area (Å²) in [4.78, 5) is 6.81. The molecule has 0 bridgehead atoms. The molecule has 0 atom stereocenters. The molecule has 0 radical (unpaired) electrons. The Labute approximate surface area is 139 Å². The summed E-state index contributed by atoms with van der Waals surface area (Å²) in [6, 6.07) is 0. The fourth-order valence-electron chi connectivity index (χ4n) is 2.80. The van der Waals surface area contributed by atoms with E-state index >= 15 is 0 Å². The average molecular weight is 397 g/mol. The second-order valence-corrected chi connectivity index (χ2v) is 5.58. The van der Waals surface area contributed by atoms with Gasteiger partial charge in [0.15, 0.2) is 5.96 Å². The van der Waals surface area contributed by atoms with Gasteiger partial charge in [0, 0.05) is 46.3 Å². The van der Waals surface area contributed by atoms with Gasteiger partial charge < -0.3 is 20.1 Å². The van der Waals surface area contributed by atoms with E-state index in [1.807, 2.05) is 0 Å². The topological polar surface area (TPSA) is 60.1 Å². The number of likely N-dealkylation sites (tertiary alicyclic amines) is 1. The lowest BCUT2D eigenvalue weighted by atomic mass is 9.94. The van der Waals surface area contributed by atoms with Crippen molar-refractivity contribution >= 4 is 29.9 Å². The van der Waals surface area contributed by atoms with Crippen molar-refractivity contribution in [3.63, 3.8) is 0 Å². The minimum absolute atomic E-state index is 0. The Morgan fingerprint density at radius 1 is 1.20 bits per heavy atom. The van der Waals surface area contributed by atoms with Crippen LogP contribution in [0.1, 0.15) is 38.5 Å². The van der Waals surface area contributed by atoms with Crippen LogP contribution >= 0.6 is 24.0 Å². The number of ether oxygens (including phenoxy) is 2. The maximum Gasteiger partial charge on any atom is 0.191 e. The van der Waals surface area contributed by atoms with Crippen LogP contribution in [0, 0.1) is 0 Å². The van der Waals surface area contributed by atoms with Crippen molar-refractivity contribution in [1.82, 2.24) is 4.90 Å². The van der Waals surface area contributed by atoms with Crippen LogP contribution in [0.3, 0.4) is 0 Å². The number of hydrogen-bond donors (Lipinski definition) is 1. The molecule has 118 valence electrons. The summed E-state index contributed by atoms with van der Waals surface area (Å²) in [6.07, 6.45) is 6.87. The molecule has 2 aliphatic heterocycles. The molecule has 2 rings (SSSR count). The predicted octanol–water partition coefficient (Wildman–Crippen LogP) is 1.99. The van der Waals surface area contributed by atoms with Gasteiger partial charge in [0.05, 0.1) is 12.1 Å². The molecule has 5 nitrogen and oxygen atoms in total. The van der Waals surface area contributed by atoms with Crippen LogP contribution in [0.5, 0.6) is 0 Å². The van der Waals surface area contributed by atoms with Crippen LogP contribution < -0.4 is 5.73 Å². The molecule has 2 N–H and O–H groups in total. The normalized spacial score (nSPS) is 23.9. The summed E-state index contributed by atoms with van der Waals surface area (Å²) in [7, 11) is 1.77. The summed E-state index contributed by atoms with van der Waals surface area (Å²) < 4.78 is 11.1. The largest absolute Gasteiger partial charge is 0.381 e. The first-order chi connectivity index (χ1) is 9.26. The smallest absolute Gasteiger partial charge is 0.191 e. The molecule has 0 unspecified atom stereocenters. The molecule has 0 aliphatic carbocycles. The number of nitrogens with two attached hydrogens (primary N) is 1. The third-order valence-corrected chi connectivity index (χ3v) is 4.30. The lowest BCUT2D eigenvalue weighted by Gasteiger charge is -2.35. The van der Waals surface area contributed by atoms with Gasteiger partial charge in [-0.3, -0.25) is 4.99 Å². The second kappa shape index (κ2) is 9.04. The lowest BCUT2D eigenvalue weighted by Crippen LogP contribution is -2.43. The first kappa shape index (κ1) is 18.0. The van der Waals surface area contributed by atoms with E-state index in [4.69, 9.17) is 15.2 Å². The molecule has 2 saturated heterocycles. The quantitative estimate of drug-likeness (QED) is 0.450. The zero-order valence-electron chi connectivity index (χ0n) is 12.5. The number of hydrogen-bond acceptors (Lipinski definition) is 3. The zero-order valence-corrected chi connectivity index (χ0v) is 14.8. The van der Waals surface area contributed by atoms with Crippen molar-refractivity contribution < 1.29 is 9.47 Å². The van der Waals surface area contributed by atoms with Gasteiger partial charge in [-0.25, -0.2) is 0 Å².